The summed E-state index contributed by atoms with van der Waals surface area (Å²) in [5, 5.41) is 1.55. The van der Waals surface area contributed by atoms with E-state index in [4.69, 9.17) is 9.57 Å². The van der Waals surface area contributed by atoms with E-state index in [1.807, 2.05) is 18.3 Å². The van der Waals surface area contributed by atoms with Crippen LogP contribution >= 0.6 is 0 Å². The van der Waals surface area contributed by atoms with Crippen molar-refractivity contribution in [3.63, 3.8) is 0 Å². The van der Waals surface area contributed by atoms with Crippen molar-refractivity contribution < 1.29 is 14.4 Å². The van der Waals surface area contributed by atoms with Gasteiger partial charge in [0.25, 0.3) is 0 Å². The van der Waals surface area contributed by atoms with Crippen LogP contribution in [0.1, 0.15) is 31.4 Å². The number of carbonyl (C=O) groups is 1. The maximum atomic E-state index is 12.4. The lowest BCUT2D eigenvalue weighted by molar-refractivity contribution is -0.199. The molecule has 1 aromatic heterocycles. The quantitative estimate of drug-likeness (QED) is 0.834. The van der Waals surface area contributed by atoms with Crippen molar-refractivity contribution in [2.45, 2.75) is 38.3 Å². The SMILES string of the molecule is O=C(C[C@@H]1OC[C@H]2CN(Cc3ccccn3)CC[C@H]21)N1CCCCO1. The number of piperidine rings is 1. The second-order valence-electron chi connectivity index (χ2n) is 7.38. The molecule has 1 aromatic rings. The first-order chi connectivity index (χ1) is 12.3. The summed E-state index contributed by atoms with van der Waals surface area (Å²) >= 11 is 0. The molecule has 3 aliphatic heterocycles. The van der Waals surface area contributed by atoms with E-state index in [1.54, 1.807) is 5.06 Å². The molecule has 1 amide bonds. The van der Waals surface area contributed by atoms with E-state index in [0.29, 0.717) is 24.9 Å². The number of nitrogens with zero attached hydrogens (tertiary/aromatic N) is 3. The van der Waals surface area contributed by atoms with Crippen LogP contribution in [0, 0.1) is 11.8 Å². The fourth-order valence-corrected chi connectivity index (χ4v) is 4.30. The summed E-state index contributed by atoms with van der Waals surface area (Å²) in [4.78, 5) is 24.8. The van der Waals surface area contributed by atoms with Gasteiger partial charge in [0.15, 0.2) is 0 Å². The molecule has 6 nitrogen and oxygen atoms in total. The van der Waals surface area contributed by atoms with Crippen molar-refractivity contribution in [1.29, 1.82) is 0 Å². The second kappa shape index (κ2) is 7.81. The Morgan fingerprint density at radius 3 is 3.04 bits per heavy atom. The molecular formula is C19H27N3O3. The van der Waals surface area contributed by atoms with Gasteiger partial charge in [-0.2, -0.15) is 0 Å². The van der Waals surface area contributed by atoms with Gasteiger partial charge in [-0.25, -0.2) is 5.06 Å². The van der Waals surface area contributed by atoms with E-state index < -0.39 is 0 Å². The van der Waals surface area contributed by atoms with Gasteiger partial charge in [-0.3, -0.25) is 19.5 Å². The average Bonchev–Trinajstić information content (AvgIpc) is 3.05. The maximum Gasteiger partial charge on any atom is 0.248 e. The minimum atomic E-state index is 0.0556. The third kappa shape index (κ3) is 4.02. The van der Waals surface area contributed by atoms with Crippen molar-refractivity contribution in [2.24, 2.45) is 11.8 Å². The summed E-state index contributed by atoms with van der Waals surface area (Å²) in [5.41, 5.74) is 1.12. The van der Waals surface area contributed by atoms with Gasteiger partial charge in [0.05, 0.1) is 31.4 Å². The number of pyridine rings is 1. The number of rotatable bonds is 4. The Kier molecular flexibility index (Phi) is 5.29. The fourth-order valence-electron chi connectivity index (χ4n) is 4.30. The Hall–Kier alpha value is -1.50. The third-order valence-electron chi connectivity index (χ3n) is 5.65. The van der Waals surface area contributed by atoms with Crippen molar-refractivity contribution in [2.75, 3.05) is 32.8 Å². The molecule has 0 saturated carbocycles. The van der Waals surface area contributed by atoms with Gasteiger partial charge in [0.1, 0.15) is 0 Å². The molecule has 136 valence electrons. The molecule has 0 N–H and O–H groups in total. The van der Waals surface area contributed by atoms with Gasteiger partial charge in [-0.15, -0.1) is 0 Å². The number of hydrogen-bond donors (Lipinski definition) is 0. The van der Waals surface area contributed by atoms with Gasteiger partial charge < -0.3 is 4.74 Å². The highest BCUT2D eigenvalue weighted by Gasteiger charge is 2.42. The van der Waals surface area contributed by atoms with Crippen LogP contribution in [-0.4, -0.2) is 59.8 Å². The molecule has 4 heterocycles. The smallest absolute Gasteiger partial charge is 0.248 e. The summed E-state index contributed by atoms with van der Waals surface area (Å²) < 4.78 is 6.01. The van der Waals surface area contributed by atoms with Gasteiger partial charge in [0.2, 0.25) is 5.91 Å². The molecule has 3 saturated heterocycles. The molecule has 3 atom stereocenters. The van der Waals surface area contributed by atoms with Crippen LogP contribution in [0.15, 0.2) is 24.4 Å². The molecule has 0 bridgehead atoms. The van der Waals surface area contributed by atoms with Crippen LogP contribution in [0.4, 0.5) is 0 Å². The van der Waals surface area contributed by atoms with Crippen LogP contribution in [0.5, 0.6) is 0 Å². The molecule has 6 heteroatoms. The molecule has 4 rings (SSSR count). The predicted octanol–water partition coefficient (Wildman–Crippen LogP) is 1.86. The van der Waals surface area contributed by atoms with Crippen LogP contribution in [-0.2, 0) is 20.9 Å². The highest BCUT2D eigenvalue weighted by molar-refractivity contribution is 5.75. The van der Waals surface area contributed by atoms with Crippen LogP contribution < -0.4 is 0 Å². The highest BCUT2D eigenvalue weighted by atomic mass is 16.7. The summed E-state index contributed by atoms with van der Waals surface area (Å²) in [7, 11) is 0. The molecule has 0 radical (unpaired) electrons. The normalized spacial score (nSPS) is 30.2. The van der Waals surface area contributed by atoms with E-state index in [9.17, 15) is 4.79 Å². The van der Waals surface area contributed by atoms with Gasteiger partial charge >= 0.3 is 0 Å². The number of amides is 1. The second-order valence-corrected chi connectivity index (χ2v) is 7.38. The predicted molar refractivity (Wildman–Crippen MR) is 92.4 cm³/mol. The molecule has 0 spiro atoms. The Morgan fingerprint density at radius 1 is 1.28 bits per heavy atom. The number of hydrogen-bond acceptors (Lipinski definition) is 5. The Morgan fingerprint density at radius 2 is 2.24 bits per heavy atom. The van der Waals surface area contributed by atoms with Crippen molar-refractivity contribution >= 4 is 5.91 Å². The standard InChI is InChI=1S/C19H27N3O3/c23-19(22-8-3-4-10-25-22)11-18-17-6-9-21(12-15(17)14-24-18)13-16-5-1-2-7-20-16/h1-2,5,7,15,17-18H,3-4,6,8-14H2/t15-,17-,18+/m1/s1. The number of ether oxygens (including phenoxy) is 1. The van der Waals surface area contributed by atoms with Crippen LogP contribution in [0.2, 0.25) is 0 Å². The van der Waals surface area contributed by atoms with Gasteiger partial charge in [-0.05, 0) is 43.9 Å². The van der Waals surface area contributed by atoms with Gasteiger partial charge in [0, 0.05) is 31.7 Å². The fraction of sp³-hybridized carbons (Fsp3) is 0.684. The Bertz CT molecular complexity index is 577. The van der Waals surface area contributed by atoms with E-state index in [2.05, 4.69) is 16.0 Å². The number of carbonyl (C=O) groups excluding carboxylic acids is 1. The molecule has 0 unspecified atom stereocenters. The average molecular weight is 345 g/mol. The minimum absolute atomic E-state index is 0.0556. The first-order valence-corrected chi connectivity index (χ1v) is 9.47. The van der Waals surface area contributed by atoms with Crippen molar-refractivity contribution in [3.05, 3.63) is 30.1 Å². The number of hydroxylamine groups is 2. The van der Waals surface area contributed by atoms with Crippen LogP contribution in [0.25, 0.3) is 0 Å². The number of fused-ring (bicyclic) bond motifs is 1. The Balaban J connectivity index is 1.29. The number of likely N-dealkylation sites (tertiary alicyclic amines) is 1. The molecule has 3 fully saturated rings. The summed E-state index contributed by atoms with van der Waals surface area (Å²) in [6.07, 6.45) is 5.54. The lowest BCUT2D eigenvalue weighted by Gasteiger charge is -2.35. The topological polar surface area (TPSA) is 54.9 Å². The van der Waals surface area contributed by atoms with Crippen molar-refractivity contribution in [3.8, 4) is 0 Å². The zero-order chi connectivity index (χ0) is 17.1. The zero-order valence-electron chi connectivity index (χ0n) is 14.7. The Labute approximate surface area is 149 Å². The van der Waals surface area contributed by atoms with E-state index >= 15 is 0 Å². The van der Waals surface area contributed by atoms with Crippen LogP contribution in [0.3, 0.4) is 0 Å². The van der Waals surface area contributed by atoms with Crippen molar-refractivity contribution in [1.82, 2.24) is 14.9 Å². The maximum absolute atomic E-state index is 12.4. The third-order valence-corrected chi connectivity index (χ3v) is 5.65. The minimum Gasteiger partial charge on any atom is -0.377 e. The molecule has 25 heavy (non-hydrogen) atoms. The summed E-state index contributed by atoms with van der Waals surface area (Å²) in [6, 6.07) is 6.07. The van der Waals surface area contributed by atoms with E-state index in [-0.39, 0.29) is 12.0 Å². The zero-order valence-corrected chi connectivity index (χ0v) is 14.7. The molecule has 0 aromatic carbocycles. The first-order valence-electron chi connectivity index (χ1n) is 9.47. The monoisotopic (exact) mass is 345 g/mol. The van der Waals surface area contributed by atoms with E-state index in [0.717, 1.165) is 57.7 Å². The van der Waals surface area contributed by atoms with E-state index in [1.165, 1.54) is 0 Å². The lowest BCUT2D eigenvalue weighted by atomic mass is 9.83. The number of aromatic nitrogens is 1. The summed E-state index contributed by atoms with van der Waals surface area (Å²) in [5.74, 6) is 1.10. The van der Waals surface area contributed by atoms with Gasteiger partial charge in [-0.1, -0.05) is 6.07 Å². The molecule has 3 aliphatic rings. The summed E-state index contributed by atoms with van der Waals surface area (Å²) in [6.45, 7) is 5.12. The molecular weight excluding hydrogens is 318 g/mol. The first kappa shape index (κ1) is 16.9. The lowest BCUT2D eigenvalue weighted by Crippen LogP contribution is -2.43. The largest absolute Gasteiger partial charge is 0.377 e. The highest BCUT2D eigenvalue weighted by Crippen LogP contribution is 2.36. The molecule has 0 aliphatic carbocycles.